The molecule has 0 spiro atoms. The third-order valence-electron chi connectivity index (χ3n) is 2.81. The first-order chi connectivity index (χ1) is 10.6. The number of hydrogen-bond donors (Lipinski definition) is 2. The molecule has 0 saturated heterocycles. The second-order valence-electron chi connectivity index (χ2n) is 5.00. The third kappa shape index (κ3) is 4.70. The molecule has 22 heavy (non-hydrogen) atoms. The molecule has 0 aliphatic rings. The van der Waals surface area contributed by atoms with Crippen LogP contribution in [0.15, 0.2) is 48.5 Å². The summed E-state index contributed by atoms with van der Waals surface area (Å²) in [6.07, 6.45) is 0.0865. The van der Waals surface area contributed by atoms with E-state index in [2.05, 4.69) is 10.6 Å². The summed E-state index contributed by atoms with van der Waals surface area (Å²) in [5.74, 6) is 1.46. The Morgan fingerprint density at radius 3 is 2.27 bits per heavy atom. The molecule has 0 fully saturated rings. The number of carbonyl (C=O) groups excluding carboxylic acids is 1. The number of anilines is 2. The molecular weight excluding hydrogens is 280 g/mol. The summed E-state index contributed by atoms with van der Waals surface area (Å²) in [7, 11) is 1.60. The fraction of sp³-hybridized carbons (Fsp3) is 0.235. The Kier molecular flexibility index (Phi) is 5.25. The summed E-state index contributed by atoms with van der Waals surface area (Å²) in [6.45, 7) is 3.91. The molecule has 5 nitrogen and oxygen atoms in total. The minimum atomic E-state index is -0.313. The number of carbonyl (C=O) groups is 1. The molecule has 2 aromatic carbocycles. The largest absolute Gasteiger partial charge is 0.497 e. The number of ether oxygens (including phenoxy) is 2. The van der Waals surface area contributed by atoms with Crippen LogP contribution in [-0.4, -0.2) is 19.2 Å². The summed E-state index contributed by atoms with van der Waals surface area (Å²) in [6, 6.07) is 14.1. The van der Waals surface area contributed by atoms with Gasteiger partial charge in [-0.15, -0.1) is 0 Å². The molecule has 0 bridgehead atoms. The molecule has 2 rings (SSSR count). The minimum absolute atomic E-state index is 0.0865. The van der Waals surface area contributed by atoms with E-state index in [-0.39, 0.29) is 12.1 Å². The van der Waals surface area contributed by atoms with Gasteiger partial charge in [0.25, 0.3) is 0 Å². The molecule has 0 radical (unpaired) electrons. The Bertz CT molecular complexity index is 624. The van der Waals surface area contributed by atoms with Gasteiger partial charge in [0.2, 0.25) is 0 Å². The number of amides is 2. The van der Waals surface area contributed by atoms with Crippen molar-refractivity contribution in [3.05, 3.63) is 48.5 Å². The first-order valence-corrected chi connectivity index (χ1v) is 7.05. The van der Waals surface area contributed by atoms with Gasteiger partial charge in [-0.05, 0) is 50.2 Å². The van der Waals surface area contributed by atoms with Crippen LogP contribution in [0.2, 0.25) is 0 Å². The fourth-order valence-corrected chi connectivity index (χ4v) is 1.89. The Morgan fingerprint density at radius 2 is 1.64 bits per heavy atom. The monoisotopic (exact) mass is 300 g/mol. The van der Waals surface area contributed by atoms with Gasteiger partial charge in [-0.2, -0.15) is 0 Å². The highest BCUT2D eigenvalue weighted by atomic mass is 16.5. The van der Waals surface area contributed by atoms with E-state index < -0.39 is 0 Å². The second kappa shape index (κ2) is 7.36. The number of benzene rings is 2. The number of rotatable bonds is 5. The van der Waals surface area contributed by atoms with Crippen LogP contribution in [0.25, 0.3) is 0 Å². The molecule has 0 heterocycles. The SMILES string of the molecule is COc1ccc(NC(=O)Nc2cccc(OC(C)C)c2)cc1. The normalized spacial score (nSPS) is 10.2. The summed E-state index contributed by atoms with van der Waals surface area (Å²) >= 11 is 0. The predicted octanol–water partition coefficient (Wildman–Crippen LogP) is 4.13. The fourth-order valence-electron chi connectivity index (χ4n) is 1.89. The number of nitrogens with one attached hydrogen (secondary N) is 2. The van der Waals surface area contributed by atoms with Gasteiger partial charge in [0.05, 0.1) is 13.2 Å². The van der Waals surface area contributed by atoms with Gasteiger partial charge in [0, 0.05) is 17.4 Å². The van der Waals surface area contributed by atoms with Gasteiger partial charge < -0.3 is 20.1 Å². The summed E-state index contributed by atoms with van der Waals surface area (Å²) in [5, 5.41) is 5.53. The van der Waals surface area contributed by atoms with Crippen molar-refractivity contribution < 1.29 is 14.3 Å². The van der Waals surface area contributed by atoms with Crippen molar-refractivity contribution >= 4 is 17.4 Å². The van der Waals surface area contributed by atoms with E-state index in [0.717, 1.165) is 11.5 Å². The summed E-state index contributed by atoms with van der Waals surface area (Å²) in [4.78, 5) is 12.0. The minimum Gasteiger partial charge on any atom is -0.497 e. The van der Waals surface area contributed by atoms with E-state index >= 15 is 0 Å². The van der Waals surface area contributed by atoms with Crippen molar-refractivity contribution in [3.8, 4) is 11.5 Å². The Morgan fingerprint density at radius 1 is 0.955 bits per heavy atom. The highest BCUT2D eigenvalue weighted by Gasteiger charge is 2.05. The van der Waals surface area contributed by atoms with Crippen LogP contribution in [0.3, 0.4) is 0 Å². The van der Waals surface area contributed by atoms with E-state index in [1.165, 1.54) is 0 Å². The molecule has 2 aromatic rings. The Hall–Kier alpha value is -2.69. The first-order valence-electron chi connectivity index (χ1n) is 7.05. The highest BCUT2D eigenvalue weighted by Crippen LogP contribution is 2.19. The van der Waals surface area contributed by atoms with E-state index in [9.17, 15) is 4.79 Å². The lowest BCUT2D eigenvalue weighted by Gasteiger charge is -2.12. The molecule has 0 saturated carbocycles. The average molecular weight is 300 g/mol. The standard InChI is InChI=1S/C17H20N2O3/c1-12(2)22-16-6-4-5-14(11-16)19-17(20)18-13-7-9-15(21-3)10-8-13/h4-12H,1-3H3,(H2,18,19,20). The van der Waals surface area contributed by atoms with Crippen LogP contribution in [0.5, 0.6) is 11.5 Å². The molecule has 2 N–H and O–H groups in total. The predicted molar refractivity (Wildman–Crippen MR) is 87.8 cm³/mol. The van der Waals surface area contributed by atoms with Crippen LogP contribution in [0.1, 0.15) is 13.8 Å². The lowest BCUT2D eigenvalue weighted by molar-refractivity contribution is 0.242. The van der Waals surface area contributed by atoms with Gasteiger partial charge in [-0.25, -0.2) is 4.79 Å². The Balaban J connectivity index is 1.96. The highest BCUT2D eigenvalue weighted by molar-refractivity contribution is 5.99. The number of methoxy groups -OCH3 is 1. The van der Waals surface area contributed by atoms with Crippen LogP contribution in [-0.2, 0) is 0 Å². The second-order valence-corrected chi connectivity index (χ2v) is 5.00. The zero-order valence-corrected chi connectivity index (χ0v) is 12.9. The van der Waals surface area contributed by atoms with Crippen molar-refractivity contribution in [1.82, 2.24) is 0 Å². The molecule has 0 aromatic heterocycles. The topological polar surface area (TPSA) is 59.6 Å². The van der Waals surface area contributed by atoms with E-state index in [1.807, 2.05) is 26.0 Å². The van der Waals surface area contributed by atoms with Crippen molar-refractivity contribution in [2.24, 2.45) is 0 Å². The zero-order valence-electron chi connectivity index (χ0n) is 12.9. The molecule has 0 aliphatic carbocycles. The summed E-state index contributed by atoms with van der Waals surface area (Å²) in [5.41, 5.74) is 1.36. The van der Waals surface area contributed by atoms with E-state index in [4.69, 9.17) is 9.47 Å². The molecule has 0 aliphatic heterocycles. The van der Waals surface area contributed by atoms with Crippen LogP contribution >= 0.6 is 0 Å². The Labute approximate surface area is 130 Å². The van der Waals surface area contributed by atoms with Crippen molar-refractivity contribution in [3.63, 3.8) is 0 Å². The first kappa shape index (κ1) is 15.7. The zero-order chi connectivity index (χ0) is 15.9. The van der Waals surface area contributed by atoms with Gasteiger partial charge >= 0.3 is 6.03 Å². The molecular formula is C17H20N2O3. The average Bonchev–Trinajstić information content (AvgIpc) is 2.47. The van der Waals surface area contributed by atoms with Crippen LogP contribution in [0, 0.1) is 0 Å². The molecule has 0 unspecified atom stereocenters. The molecule has 116 valence electrons. The lowest BCUT2D eigenvalue weighted by atomic mass is 10.3. The van der Waals surface area contributed by atoms with E-state index in [1.54, 1.807) is 43.5 Å². The maximum Gasteiger partial charge on any atom is 0.323 e. The van der Waals surface area contributed by atoms with Gasteiger partial charge in [-0.3, -0.25) is 0 Å². The maximum atomic E-state index is 12.0. The van der Waals surface area contributed by atoms with Gasteiger partial charge in [-0.1, -0.05) is 6.07 Å². The molecule has 5 heteroatoms. The number of urea groups is 1. The smallest absolute Gasteiger partial charge is 0.323 e. The van der Waals surface area contributed by atoms with Crippen molar-refractivity contribution in [1.29, 1.82) is 0 Å². The van der Waals surface area contributed by atoms with Gasteiger partial charge in [0.15, 0.2) is 0 Å². The maximum absolute atomic E-state index is 12.0. The number of hydrogen-bond acceptors (Lipinski definition) is 3. The summed E-state index contributed by atoms with van der Waals surface area (Å²) < 4.78 is 10.7. The van der Waals surface area contributed by atoms with Crippen molar-refractivity contribution in [2.45, 2.75) is 20.0 Å². The van der Waals surface area contributed by atoms with E-state index in [0.29, 0.717) is 11.4 Å². The van der Waals surface area contributed by atoms with Gasteiger partial charge in [0.1, 0.15) is 11.5 Å². The lowest BCUT2D eigenvalue weighted by Crippen LogP contribution is -2.19. The molecule has 0 atom stereocenters. The van der Waals surface area contributed by atoms with Crippen molar-refractivity contribution in [2.75, 3.05) is 17.7 Å². The molecule has 2 amide bonds. The quantitative estimate of drug-likeness (QED) is 0.873. The third-order valence-corrected chi connectivity index (χ3v) is 2.81. The van der Waals surface area contributed by atoms with Crippen LogP contribution in [0.4, 0.5) is 16.2 Å². The van der Waals surface area contributed by atoms with Crippen LogP contribution < -0.4 is 20.1 Å².